The van der Waals surface area contributed by atoms with E-state index in [0.29, 0.717) is 23.2 Å². The minimum atomic E-state index is -0.906. The van der Waals surface area contributed by atoms with E-state index in [2.05, 4.69) is 17.2 Å². The van der Waals surface area contributed by atoms with Crippen molar-refractivity contribution in [3.63, 3.8) is 0 Å². The highest BCUT2D eigenvalue weighted by Crippen LogP contribution is 2.28. The molecular weight excluding hydrogens is 240 g/mol. The van der Waals surface area contributed by atoms with Gasteiger partial charge in [0.1, 0.15) is 5.56 Å². The van der Waals surface area contributed by atoms with Crippen LogP contribution in [0.15, 0.2) is 6.07 Å². The number of rotatable bonds is 3. The topological polar surface area (TPSA) is 62.2 Å². The van der Waals surface area contributed by atoms with E-state index in [1.807, 2.05) is 13.0 Å². The zero-order valence-corrected chi connectivity index (χ0v) is 11.9. The molecule has 1 saturated carbocycles. The highest BCUT2D eigenvalue weighted by Gasteiger charge is 2.22. The lowest BCUT2D eigenvalue weighted by Crippen LogP contribution is -2.27. The standard InChI is InChI=1S/C15H22N2O2/c1-9-5-4-6-12(7-9)17-13-8-10(2)16-11(3)14(13)15(18)19/h8-9,12H,4-7H2,1-3H3,(H,16,17)(H,18,19). The van der Waals surface area contributed by atoms with Gasteiger partial charge in [-0.25, -0.2) is 4.79 Å². The molecule has 19 heavy (non-hydrogen) atoms. The van der Waals surface area contributed by atoms with Crippen LogP contribution in [0.4, 0.5) is 5.69 Å². The predicted octanol–water partition coefficient (Wildman–Crippen LogP) is 3.39. The van der Waals surface area contributed by atoms with Crippen molar-refractivity contribution in [1.82, 2.24) is 4.98 Å². The number of aromatic carboxylic acids is 1. The molecule has 0 aliphatic heterocycles. The smallest absolute Gasteiger partial charge is 0.339 e. The van der Waals surface area contributed by atoms with Crippen LogP contribution in [0.5, 0.6) is 0 Å². The van der Waals surface area contributed by atoms with Gasteiger partial charge in [-0.3, -0.25) is 4.98 Å². The Morgan fingerprint density at radius 1 is 1.42 bits per heavy atom. The van der Waals surface area contributed by atoms with E-state index in [0.717, 1.165) is 24.2 Å². The Morgan fingerprint density at radius 2 is 2.16 bits per heavy atom. The third-order valence-electron chi connectivity index (χ3n) is 3.84. The molecule has 1 heterocycles. The SMILES string of the molecule is Cc1cc(NC2CCCC(C)C2)c(C(=O)O)c(C)n1. The lowest BCUT2D eigenvalue weighted by atomic mass is 9.87. The Bertz CT molecular complexity index is 485. The molecule has 1 aromatic rings. The normalized spacial score (nSPS) is 23.1. The van der Waals surface area contributed by atoms with E-state index in [1.54, 1.807) is 6.92 Å². The molecule has 104 valence electrons. The summed E-state index contributed by atoms with van der Waals surface area (Å²) in [5, 5.41) is 12.8. The van der Waals surface area contributed by atoms with Crippen LogP contribution in [0.3, 0.4) is 0 Å². The maximum Gasteiger partial charge on any atom is 0.339 e. The number of nitrogens with zero attached hydrogens (tertiary/aromatic N) is 1. The molecule has 1 aliphatic carbocycles. The molecule has 1 aliphatic rings. The number of aromatic nitrogens is 1. The molecule has 0 saturated heterocycles. The molecule has 0 amide bonds. The van der Waals surface area contributed by atoms with E-state index in [1.165, 1.54) is 12.8 Å². The number of anilines is 1. The molecule has 4 nitrogen and oxygen atoms in total. The molecule has 1 aromatic heterocycles. The van der Waals surface area contributed by atoms with Crippen LogP contribution in [0.25, 0.3) is 0 Å². The van der Waals surface area contributed by atoms with Crippen LogP contribution in [-0.4, -0.2) is 22.1 Å². The van der Waals surface area contributed by atoms with Crippen LogP contribution in [0, 0.1) is 19.8 Å². The first-order valence-corrected chi connectivity index (χ1v) is 6.95. The first-order valence-electron chi connectivity index (χ1n) is 6.95. The van der Waals surface area contributed by atoms with Gasteiger partial charge in [0.2, 0.25) is 0 Å². The minimum Gasteiger partial charge on any atom is -0.478 e. The van der Waals surface area contributed by atoms with Crippen LogP contribution in [-0.2, 0) is 0 Å². The van der Waals surface area contributed by atoms with Gasteiger partial charge >= 0.3 is 5.97 Å². The maximum atomic E-state index is 11.4. The second-order valence-electron chi connectivity index (χ2n) is 5.69. The minimum absolute atomic E-state index is 0.309. The number of hydrogen-bond donors (Lipinski definition) is 2. The number of carboxylic acids is 1. The average molecular weight is 262 g/mol. The average Bonchev–Trinajstić information content (AvgIpc) is 2.26. The summed E-state index contributed by atoms with van der Waals surface area (Å²) in [6.45, 7) is 5.91. The van der Waals surface area contributed by atoms with E-state index in [4.69, 9.17) is 0 Å². The van der Waals surface area contributed by atoms with Gasteiger partial charge in [0.15, 0.2) is 0 Å². The second-order valence-corrected chi connectivity index (χ2v) is 5.69. The molecule has 0 aromatic carbocycles. The molecule has 2 N–H and O–H groups in total. The molecule has 0 radical (unpaired) electrons. The van der Waals surface area contributed by atoms with E-state index in [9.17, 15) is 9.90 Å². The number of hydrogen-bond acceptors (Lipinski definition) is 3. The fourth-order valence-corrected chi connectivity index (χ4v) is 3.00. The zero-order chi connectivity index (χ0) is 14.0. The Balaban J connectivity index is 2.25. The maximum absolute atomic E-state index is 11.4. The van der Waals surface area contributed by atoms with Gasteiger partial charge < -0.3 is 10.4 Å². The first kappa shape index (κ1) is 13.8. The van der Waals surface area contributed by atoms with Crippen molar-refractivity contribution >= 4 is 11.7 Å². The Kier molecular flexibility index (Phi) is 4.08. The van der Waals surface area contributed by atoms with Crippen molar-refractivity contribution in [3.8, 4) is 0 Å². The van der Waals surface area contributed by atoms with Gasteiger partial charge in [-0.15, -0.1) is 0 Å². The monoisotopic (exact) mass is 262 g/mol. The quantitative estimate of drug-likeness (QED) is 0.876. The number of carboxylic acid groups (broad SMARTS) is 1. The third-order valence-corrected chi connectivity index (χ3v) is 3.84. The van der Waals surface area contributed by atoms with Gasteiger partial charge in [-0.2, -0.15) is 0 Å². The van der Waals surface area contributed by atoms with Crippen molar-refractivity contribution < 1.29 is 9.90 Å². The summed E-state index contributed by atoms with van der Waals surface area (Å²) in [7, 11) is 0. The summed E-state index contributed by atoms with van der Waals surface area (Å²) in [5.41, 5.74) is 2.47. The zero-order valence-electron chi connectivity index (χ0n) is 11.9. The molecular formula is C15H22N2O2. The van der Waals surface area contributed by atoms with Crippen LogP contribution >= 0.6 is 0 Å². The van der Waals surface area contributed by atoms with Gasteiger partial charge in [-0.05, 0) is 38.7 Å². The lowest BCUT2D eigenvalue weighted by Gasteiger charge is -2.29. The highest BCUT2D eigenvalue weighted by molar-refractivity contribution is 5.95. The van der Waals surface area contributed by atoms with Crippen molar-refractivity contribution in [2.75, 3.05) is 5.32 Å². The number of aryl methyl sites for hydroxylation is 2. The van der Waals surface area contributed by atoms with Gasteiger partial charge in [-0.1, -0.05) is 19.8 Å². The fourth-order valence-electron chi connectivity index (χ4n) is 3.00. The predicted molar refractivity (Wildman–Crippen MR) is 75.7 cm³/mol. The van der Waals surface area contributed by atoms with E-state index in [-0.39, 0.29) is 0 Å². The first-order chi connectivity index (χ1) is 8.97. The fraction of sp³-hybridized carbons (Fsp3) is 0.600. The van der Waals surface area contributed by atoms with Crippen LogP contribution < -0.4 is 5.32 Å². The van der Waals surface area contributed by atoms with Gasteiger partial charge in [0.25, 0.3) is 0 Å². The van der Waals surface area contributed by atoms with E-state index < -0.39 is 5.97 Å². The summed E-state index contributed by atoms with van der Waals surface area (Å²) in [6, 6.07) is 2.22. The largest absolute Gasteiger partial charge is 0.478 e. The Morgan fingerprint density at radius 3 is 2.79 bits per heavy atom. The van der Waals surface area contributed by atoms with E-state index >= 15 is 0 Å². The lowest BCUT2D eigenvalue weighted by molar-refractivity contribution is 0.0696. The molecule has 2 atom stereocenters. The van der Waals surface area contributed by atoms with Crippen LogP contribution in [0.1, 0.15) is 54.4 Å². The molecule has 2 rings (SSSR count). The number of pyridine rings is 1. The molecule has 4 heteroatoms. The van der Waals surface area contributed by atoms with Gasteiger partial charge in [0, 0.05) is 11.7 Å². The number of carbonyl (C=O) groups is 1. The summed E-state index contributed by atoms with van der Waals surface area (Å²) in [5.74, 6) is -0.195. The summed E-state index contributed by atoms with van der Waals surface area (Å²) < 4.78 is 0. The van der Waals surface area contributed by atoms with Crippen molar-refractivity contribution in [2.24, 2.45) is 5.92 Å². The molecule has 0 bridgehead atoms. The van der Waals surface area contributed by atoms with Crippen molar-refractivity contribution in [3.05, 3.63) is 23.0 Å². The third kappa shape index (κ3) is 3.25. The van der Waals surface area contributed by atoms with Gasteiger partial charge in [0.05, 0.1) is 11.4 Å². The van der Waals surface area contributed by atoms with Crippen molar-refractivity contribution in [2.45, 2.75) is 52.5 Å². The number of nitrogens with one attached hydrogen (secondary N) is 1. The summed E-state index contributed by atoms with van der Waals surface area (Å²) in [6.07, 6.45) is 4.71. The second kappa shape index (κ2) is 5.59. The summed E-state index contributed by atoms with van der Waals surface area (Å²) >= 11 is 0. The van der Waals surface area contributed by atoms with Crippen molar-refractivity contribution in [1.29, 1.82) is 0 Å². The highest BCUT2D eigenvalue weighted by atomic mass is 16.4. The molecule has 2 unspecified atom stereocenters. The Labute approximate surface area is 114 Å². The van der Waals surface area contributed by atoms with Crippen LogP contribution in [0.2, 0.25) is 0 Å². The molecule has 1 fully saturated rings. The Hall–Kier alpha value is -1.58. The summed E-state index contributed by atoms with van der Waals surface area (Å²) in [4.78, 5) is 15.6. The molecule has 0 spiro atoms.